The van der Waals surface area contributed by atoms with E-state index < -0.39 is 17.5 Å². The van der Waals surface area contributed by atoms with Crippen molar-refractivity contribution in [2.75, 3.05) is 12.4 Å². The SMILES string of the molecule is C=C/C(=C\C=C/C)c1ncccc(-c2cccc(F)c2F)cc(F)c(NC)n1. The molecule has 6 heteroatoms. The normalized spacial score (nSPS) is 11.2. The van der Waals surface area contributed by atoms with Crippen LogP contribution in [0.4, 0.5) is 19.0 Å². The summed E-state index contributed by atoms with van der Waals surface area (Å²) < 4.78 is 42.6. The summed E-state index contributed by atoms with van der Waals surface area (Å²) in [5, 5.41) is 2.66. The molecule has 28 heavy (non-hydrogen) atoms. The smallest absolute Gasteiger partial charge is 0.166 e. The number of hydrogen-bond acceptors (Lipinski definition) is 3. The van der Waals surface area contributed by atoms with Gasteiger partial charge in [0.1, 0.15) is 0 Å². The van der Waals surface area contributed by atoms with E-state index in [2.05, 4.69) is 21.9 Å². The van der Waals surface area contributed by atoms with Crippen LogP contribution in [0.5, 0.6) is 0 Å². The lowest BCUT2D eigenvalue weighted by Crippen LogP contribution is -1.98. The lowest BCUT2D eigenvalue weighted by atomic mass is 10.1. The molecule has 0 bridgehead atoms. The van der Waals surface area contributed by atoms with Crippen molar-refractivity contribution in [3.8, 4) is 11.1 Å². The zero-order valence-corrected chi connectivity index (χ0v) is 15.6. The summed E-state index contributed by atoms with van der Waals surface area (Å²) in [5.41, 5.74) is 0.657. The fourth-order valence-electron chi connectivity index (χ4n) is 2.34. The lowest BCUT2D eigenvalue weighted by Gasteiger charge is -2.05. The summed E-state index contributed by atoms with van der Waals surface area (Å²) in [7, 11) is 1.50. The average Bonchev–Trinajstić information content (AvgIpc) is 2.69. The van der Waals surface area contributed by atoms with Crippen molar-refractivity contribution in [3.05, 3.63) is 96.8 Å². The van der Waals surface area contributed by atoms with Crippen molar-refractivity contribution >= 4 is 11.4 Å². The highest BCUT2D eigenvalue weighted by atomic mass is 19.2. The summed E-state index contributed by atoms with van der Waals surface area (Å²) in [4.78, 5) is 8.46. The standard InChI is InChI=1S/C22H20F3N3/c1-4-6-9-15(5-2)21-27-13-8-10-16(14-19(24)22(26-3)28-21)17-11-7-12-18(23)20(17)25/h4-14H,2H2,1,3H3,(H,26,27,28)/b6-4-,15-9+. The van der Waals surface area contributed by atoms with Crippen molar-refractivity contribution in [2.24, 2.45) is 0 Å². The fraction of sp³-hybridized carbons (Fsp3) is 0.0909. The summed E-state index contributed by atoms with van der Waals surface area (Å²) in [6, 6.07) is 7.76. The summed E-state index contributed by atoms with van der Waals surface area (Å²) in [5.74, 6) is -2.69. The van der Waals surface area contributed by atoms with Crippen LogP contribution in [-0.4, -0.2) is 17.0 Å². The average molecular weight is 383 g/mol. The Kier molecular flexibility index (Phi) is 7.51. The van der Waals surface area contributed by atoms with Crippen molar-refractivity contribution in [3.63, 3.8) is 0 Å². The zero-order valence-electron chi connectivity index (χ0n) is 15.6. The van der Waals surface area contributed by atoms with Crippen LogP contribution < -0.4 is 5.32 Å². The maximum absolute atomic E-state index is 14.8. The van der Waals surface area contributed by atoms with Crippen LogP contribution in [0, 0.1) is 17.5 Å². The van der Waals surface area contributed by atoms with Crippen molar-refractivity contribution < 1.29 is 13.2 Å². The van der Waals surface area contributed by atoms with Gasteiger partial charge < -0.3 is 5.32 Å². The van der Waals surface area contributed by atoms with E-state index in [0.717, 1.165) is 12.1 Å². The molecule has 0 aliphatic carbocycles. The molecule has 2 aromatic rings. The van der Waals surface area contributed by atoms with E-state index >= 15 is 0 Å². The number of allylic oxidation sites excluding steroid dienone is 5. The molecule has 0 spiro atoms. The van der Waals surface area contributed by atoms with Crippen LogP contribution in [0.2, 0.25) is 0 Å². The monoisotopic (exact) mass is 383 g/mol. The van der Waals surface area contributed by atoms with Gasteiger partial charge in [-0.3, -0.25) is 0 Å². The number of rotatable bonds is 5. The molecule has 0 fully saturated rings. The number of hydrogen-bond donors (Lipinski definition) is 1. The van der Waals surface area contributed by atoms with Crippen LogP contribution >= 0.6 is 0 Å². The molecular formula is C22H20F3N3. The topological polar surface area (TPSA) is 37.8 Å². The van der Waals surface area contributed by atoms with E-state index in [1.165, 1.54) is 37.5 Å². The van der Waals surface area contributed by atoms with Crippen molar-refractivity contribution in [2.45, 2.75) is 6.92 Å². The molecule has 1 aromatic heterocycles. The van der Waals surface area contributed by atoms with Crippen LogP contribution in [0.3, 0.4) is 0 Å². The molecule has 0 aliphatic heterocycles. The van der Waals surface area contributed by atoms with E-state index in [-0.39, 0.29) is 22.8 Å². The molecule has 1 aromatic carbocycles. The van der Waals surface area contributed by atoms with Crippen molar-refractivity contribution in [1.82, 2.24) is 9.97 Å². The number of benzene rings is 1. The van der Waals surface area contributed by atoms with E-state index in [1.54, 1.807) is 18.2 Å². The third-order valence-electron chi connectivity index (χ3n) is 3.73. The number of nitrogens with one attached hydrogen (secondary N) is 1. The summed E-state index contributed by atoms with van der Waals surface area (Å²) >= 11 is 0. The highest BCUT2D eigenvalue weighted by molar-refractivity contribution is 5.71. The maximum Gasteiger partial charge on any atom is 0.166 e. The van der Waals surface area contributed by atoms with Gasteiger partial charge in [-0.25, -0.2) is 23.1 Å². The second-order valence-corrected chi connectivity index (χ2v) is 5.57. The summed E-state index contributed by atoms with van der Waals surface area (Å²) in [6.45, 7) is 5.59. The van der Waals surface area contributed by atoms with Crippen LogP contribution in [0.1, 0.15) is 12.7 Å². The highest BCUT2D eigenvalue weighted by Crippen LogP contribution is 2.25. The molecule has 3 nitrogen and oxygen atoms in total. The minimum Gasteiger partial charge on any atom is -0.371 e. The Morgan fingerprint density at radius 3 is 2.57 bits per heavy atom. The van der Waals surface area contributed by atoms with Gasteiger partial charge in [-0.05, 0) is 30.7 Å². The number of halogens is 3. The minimum atomic E-state index is -1.06. The minimum absolute atomic E-state index is 0.0696. The Labute approximate surface area is 162 Å². The van der Waals surface area contributed by atoms with E-state index in [0.29, 0.717) is 5.57 Å². The molecule has 0 aliphatic rings. The van der Waals surface area contributed by atoms with E-state index in [1.807, 2.05) is 13.0 Å². The molecule has 1 heterocycles. The Morgan fingerprint density at radius 1 is 1.11 bits per heavy atom. The van der Waals surface area contributed by atoms with E-state index in [9.17, 15) is 13.2 Å². The second kappa shape index (κ2) is 10.1. The molecule has 0 radical (unpaired) electrons. The first-order valence-electron chi connectivity index (χ1n) is 8.50. The first kappa shape index (κ1) is 20.9. The predicted octanol–water partition coefficient (Wildman–Crippen LogP) is 5.87. The molecule has 0 saturated heterocycles. The van der Waals surface area contributed by atoms with Gasteiger partial charge in [0.05, 0.1) is 0 Å². The van der Waals surface area contributed by atoms with Crippen LogP contribution in [0.15, 0.2) is 73.5 Å². The zero-order chi connectivity index (χ0) is 20.5. The van der Waals surface area contributed by atoms with Gasteiger partial charge in [-0.2, -0.15) is 0 Å². The lowest BCUT2D eigenvalue weighted by molar-refractivity contribution is 0.511. The molecule has 2 rings (SSSR count). The van der Waals surface area contributed by atoms with Crippen LogP contribution in [0.25, 0.3) is 16.7 Å². The van der Waals surface area contributed by atoms with Gasteiger partial charge in [0.25, 0.3) is 0 Å². The van der Waals surface area contributed by atoms with Gasteiger partial charge in [-0.15, -0.1) is 0 Å². The van der Waals surface area contributed by atoms with Crippen LogP contribution in [-0.2, 0) is 0 Å². The quantitative estimate of drug-likeness (QED) is 0.656. The highest BCUT2D eigenvalue weighted by Gasteiger charge is 2.11. The summed E-state index contributed by atoms with van der Waals surface area (Å²) in [6.07, 6.45) is 8.35. The molecule has 1 N–H and O–H groups in total. The molecule has 144 valence electrons. The second-order valence-electron chi connectivity index (χ2n) is 5.57. The van der Waals surface area contributed by atoms with Gasteiger partial charge in [0.15, 0.2) is 29.1 Å². The Morgan fingerprint density at radius 2 is 1.89 bits per heavy atom. The predicted molar refractivity (Wildman–Crippen MR) is 108 cm³/mol. The molecule has 0 saturated carbocycles. The number of anilines is 1. The molecule has 0 unspecified atom stereocenters. The van der Waals surface area contributed by atoms with E-state index in [4.69, 9.17) is 0 Å². The number of nitrogens with zero attached hydrogens (tertiary/aromatic N) is 2. The Hall–Kier alpha value is -3.41. The van der Waals surface area contributed by atoms with Gasteiger partial charge in [0.2, 0.25) is 0 Å². The number of aromatic nitrogens is 2. The molecule has 0 atom stereocenters. The molecular weight excluding hydrogens is 363 g/mol. The van der Waals surface area contributed by atoms with Gasteiger partial charge in [-0.1, -0.05) is 49.1 Å². The van der Waals surface area contributed by atoms with Gasteiger partial charge >= 0.3 is 0 Å². The Balaban J connectivity index is 2.76. The third-order valence-corrected chi connectivity index (χ3v) is 3.73. The maximum atomic E-state index is 14.8. The fourth-order valence-corrected chi connectivity index (χ4v) is 2.34. The largest absolute Gasteiger partial charge is 0.371 e. The van der Waals surface area contributed by atoms with Gasteiger partial charge in [0, 0.05) is 24.4 Å². The Bertz CT molecular complexity index is 981. The van der Waals surface area contributed by atoms with Crippen molar-refractivity contribution in [1.29, 1.82) is 0 Å². The third kappa shape index (κ3) is 5.07. The first-order chi connectivity index (χ1) is 13.5. The molecule has 0 amide bonds. The first-order valence-corrected chi connectivity index (χ1v) is 8.50.